The summed E-state index contributed by atoms with van der Waals surface area (Å²) in [7, 11) is 4.06. The fourth-order valence-electron chi connectivity index (χ4n) is 2.45. The van der Waals surface area contributed by atoms with Gasteiger partial charge in [-0.25, -0.2) is 0 Å². The Kier molecular flexibility index (Phi) is 5.72. The van der Waals surface area contributed by atoms with E-state index in [2.05, 4.69) is 51.6 Å². The van der Waals surface area contributed by atoms with Crippen LogP contribution < -0.4 is 5.32 Å². The van der Waals surface area contributed by atoms with Gasteiger partial charge < -0.3 is 10.2 Å². The van der Waals surface area contributed by atoms with Crippen molar-refractivity contribution < 1.29 is 4.79 Å². The summed E-state index contributed by atoms with van der Waals surface area (Å²) in [6, 6.07) is 8.59. The van der Waals surface area contributed by atoms with Crippen LogP contribution in [0.4, 0.5) is 0 Å². The van der Waals surface area contributed by atoms with Gasteiger partial charge in [-0.05, 0) is 38.6 Å². The number of benzene rings is 1. The van der Waals surface area contributed by atoms with Crippen molar-refractivity contribution in [3.63, 3.8) is 0 Å². The molecule has 0 unspecified atom stereocenters. The number of aromatic amines is 1. The average Bonchev–Trinajstić information content (AvgIpc) is 2.98. The van der Waals surface area contributed by atoms with Crippen LogP contribution in [0.2, 0.25) is 0 Å². The predicted octanol–water partition coefficient (Wildman–Crippen LogP) is 2.07. The third kappa shape index (κ3) is 4.70. The molecule has 1 aromatic carbocycles. The molecule has 0 radical (unpaired) electrons. The van der Waals surface area contributed by atoms with Crippen molar-refractivity contribution in [1.29, 1.82) is 0 Å². The van der Waals surface area contributed by atoms with E-state index in [-0.39, 0.29) is 11.9 Å². The second-order valence-electron chi connectivity index (χ2n) is 5.80. The summed E-state index contributed by atoms with van der Waals surface area (Å²) in [5.74, 6) is 0.0701. The highest BCUT2D eigenvalue weighted by Gasteiger charge is 2.15. The van der Waals surface area contributed by atoms with Gasteiger partial charge in [-0.3, -0.25) is 9.89 Å². The normalized spacial score (nSPS) is 12.4. The molecule has 2 N–H and O–H groups in total. The van der Waals surface area contributed by atoms with Gasteiger partial charge in [0.2, 0.25) is 5.91 Å². The highest BCUT2D eigenvalue weighted by molar-refractivity contribution is 5.76. The number of aryl methyl sites for hydroxylation is 2. The maximum absolute atomic E-state index is 12.0. The first-order valence-electron chi connectivity index (χ1n) is 7.53. The van der Waals surface area contributed by atoms with Crippen molar-refractivity contribution in [2.45, 2.75) is 25.8 Å². The van der Waals surface area contributed by atoms with Crippen LogP contribution >= 0.6 is 0 Å². The Bertz CT molecular complexity index is 592. The van der Waals surface area contributed by atoms with Crippen LogP contribution in [0.25, 0.3) is 0 Å². The number of nitrogens with one attached hydrogen (secondary N) is 2. The van der Waals surface area contributed by atoms with Gasteiger partial charge in [0, 0.05) is 19.2 Å². The fraction of sp³-hybridized carbons (Fsp3) is 0.412. The molecule has 1 atom stereocenters. The van der Waals surface area contributed by atoms with Crippen molar-refractivity contribution in [2.75, 3.05) is 20.6 Å². The second kappa shape index (κ2) is 7.75. The van der Waals surface area contributed by atoms with Gasteiger partial charge in [-0.2, -0.15) is 5.10 Å². The molecule has 5 heteroatoms. The minimum Gasteiger partial charge on any atom is -0.354 e. The molecular weight excluding hydrogens is 276 g/mol. The Labute approximate surface area is 131 Å². The van der Waals surface area contributed by atoms with Crippen LogP contribution in [0.3, 0.4) is 0 Å². The van der Waals surface area contributed by atoms with Gasteiger partial charge in [0.15, 0.2) is 0 Å². The lowest BCUT2D eigenvalue weighted by molar-refractivity contribution is -0.121. The number of carbonyl (C=O) groups excluding carboxylic acids is 1. The van der Waals surface area contributed by atoms with Crippen LogP contribution in [0, 0.1) is 6.92 Å². The molecule has 0 saturated heterocycles. The minimum atomic E-state index is 0.0701. The molecule has 5 nitrogen and oxygen atoms in total. The van der Waals surface area contributed by atoms with E-state index in [0.717, 1.165) is 5.56 Å². The monoisotopic (exact) mass is 300 g/mol. The van der Waals surface area contributed by atoms with Crippen LogP contribution in [-0.4, -0.2) is 41.6 Å². The summed E-state index contributed by atoms with van der Waals surface area (Å²) < 4.78 is 0. The molecular formula is C17H24N4O. The van der Waals surface area contributed by atoms with Crippen molar-refractivity contribution in [1.82, 2.24) is 20.4 Å². The number of aromatic nitrogens is 2. The standard InChI is InChI=1S/C17H24N4O/c1-13-5-4-6-15(9-13)16(21(2)3)12-18-17(22)8-7-14-10-19-20-11-14/h4-6,9-11,16H,7-8,12H2,1-3H3,(H,18,22)(H,19,20)/t16-/m1/s1. The molecule has 2 aromatic rings. The first-order valence-corrected chi connectivity index (χ1v) is 7.53. The van der Waals surface area contributed by atoms with Crippen LogP contribution in [0.1, 0.15) is 29.2 Å². The van der Waals surface area contributed by atoms with E-state index in [1.165, 1.54) is 11.1 Å². The summed E-state index contributed by atoms with van der Waals surface area (Å²) in [6.45, 7) is 2.69. The number of nitrogens with zero attached hydrogens (tertiary/aromatic N) is 2. The molecule has 2 rings (SSSR count). The van der Waals surface area contributed by atoms with Gasteiger partial charge >= 0.3 is 0 Å². The SMILES string of the molecule is Cc1cccc([C@@H](CNC(=O)CCc2cn[nH]c2)N(C)C)c1. The molecule has 1 aromatic heterocycles. The lowest BCUT2D eigenvalue weighted by atomic mass is 10.0. The molecule has 1 amide bonds. The molecule has 0 aliphatic heterocycles. The zero-order valence-corrected chi connectivity index (χ0v) is 13.5. The first kappa shape index (κ1) is 16.2. The summed E-state index contributed by atoms with van der Waals surface area (Å²) >= 11 is 0. The third-order valence-corrected chi connectivity index (χ3v) is 3.74. The number of amides is 1. The smallest absolute Gasteiger partial charge is 0.220 e. The lowest BCUT2D eigenvalue weighted by Gasteiger charge is -2.25. The molecule has 1 heterocycles. The van der Waals surface area contributed by atoms with Gasteiger partial charge in [-0.1, -0.05) is 29.8 Å². The molecule has 0 saturated carbocycles. The van der Waals surface area contributed by atoms with Crippen LogP contribution in [0.15, 0.2) is 36.7 Å². The molecule has 22 heavy (non-hydrogen) atoms. The Morgan fingerprint density at radius 3 is 2.86 bits per heavy atom. The molecule has 0 aliphatic carbocycles. The third-order valence-electron chi connectivity index (χ3n) is 3.74. The zero-order valence-electron chi connectivity index (χ0n) is 13.5. The molecule has 0 bridgehead atoms. The Balaban J connectivity index is 1.87. The highest BCUT2D eigenvalue weighted by Crippen LogP contribution is 2.18. The second-order valence-corrected chi connectivity index (χ2v) is 5.80. The number of rotatable bonds is 7. The molecule has 0 fully saturated rings. The predicted molar refractivity (Wildman–Crippen MR) is 87.5 cm³/mol. The maximum atomic E-state index is 12.0. The van der Waals surface area contributed by atoms with Crippen molar-refractivity contribution in [3.05, 3.63) is 53.3 Å². The van der Waals surface area contributed by atoms with Gasteiger partial charge in [0.1, 0.15) is 0 Å². The van der Waals surface area contributed by atoms with Crippen molar-refractivity contribution >= 4 is 5.91 Å². The maximum Gasteiger partial charge on any atom is 0.220 e. The number of H-pyrrole nitrogens is 1. The van der Waals surface area contributed by atoms with Gasteiger partial charge in [0.25, 0.3) is 0 Å². The summed E-state index contributed by atoms with van der Waals surface area (Å²) in [4.78, 5) is 14.1. The summed E-state index contributed by atoms with van der Waals surface area (Å²) in [5, 5.41) is 9.67. The van der Waals surface area contributed by atoms with Crippen LogP contribution in [-0.2, 0) is 11.2 Å². The van der Waals surface area contributed by atoms with Crippen LogP contribution in [0.5, 0.6) is 0 Å². The number of carbonyl (C=O) groups is 1. The van der Waals surface area contributed by atoms with Gasteiger partial charge in [-0.15, -0.1) is 0 Å². The van der Waals surface area contributed by atoms with E-state index >= 15 is 0 Å². The Morgan fingerprint density at radius 1 is 1.41 bits per heavy atom. The largest absolute Gasteiger partial charge is 0.354 e. The quantitative estimate of drug-likeness (QED) is 0.823. The summed E-state index contributed by atoms with van der Waals surface area (Å²) in [6.07, 6.45) is 4.76. The fourth-order valence-corrected chi connectivity index (χ4v) is 2.45. The van der Waals surface area contributed by atoms with E-state index in [1.807, 2.05) is 20.3 Å². The lowest BCUT2D eigenvalue weighted by Crippen LogP contribution is -2.34. The summed E-state index contributed by atoms with van der Waals surface area (Å²) in [5.41, 5.74) is 3.51. The molecule has 118 valence electrons. The van der Waals surface area contributed by atoms with E-state index in [1.54, 1.807) is 6.20 Å². The average molecular weight is 300 g/mol. The van der Waals surface area contributed by atoms with Crippen molar-refractivity contribution in [2.24, 2.45) is 0 Å². The van der Waals surface area contributed by atoms with E-state index in [9.17, 15) is 4.79 Å². The Morgan fingerprint density at radius 2 is 2.23 bits per heavy atom. The van der Waals surface area contributed by atoms with E-state index in [4.69, 9.17) is 0 Å². The molecule has 0 spiro atoms. The number of hydrogen-bond acceptors (Lipinski definition) is 3. The minimum absolute atomic E-state index is 0.0701. The van der Waals surface area contributed by atoms with Crippen molar-refractivity contribution in [3.8, 4) is 0 Å². The first-order chi connectivity index (χ1) is 10.6. The Hall–Kier alpha value is -2.14. The topological polar surface area (TPSA) is 61.0 Å². The highest BCUT2D eigenvalue weighted by atomic mass is 16.1. The van der Waals surface area contributed by atoms with E-state index < -0.39 is 0 Å². The zero-order chi connectivity index (χ0) is 15.9. The van der Waals surface area contributed by atoms with Gasteiger partial charge in [0.05, 0.1) is 12.2 Å². The number of likely N-dealkylation sites (N-methyl/N-ethyl adjacent to an activating group) is 1. The van der Waals surface area contributed by atoms with E-state index in [0.29, 0.717) is 19.4 Å². The molecule has 0 aliphatic rings. The number of hydrogen-bond donors (Lipinski definition) is 2.